The molecule has 0 fully saturated rings. The van der Waals surface area contributed by atoms with Gasteiger partial charge >= 0.3 is 0 Å². The van der Waals surface area contributed by atoms with Crippen LogP contribution in [-0.2, 0) is 0 Å². The van der Waals surface area contributed by atoms with Crippen molar-refractivity contribution >= 4 is 0 Å². The molecule has 1 heteroatoms. The molecule has 0 aliphatic carbocycles. The molecule has 1 N–H and O–H groups in total. The Morgan fingerprint density at radius 1 is 1.57 bits per heavy atom. The van der Waals surface area contributed by atoms with Crippen LogP contribution in [0.1, 0.15) is 12.8 Å². The fourth-order valence-electron chi connectivity index (χ4n) is 0.327. The summed E-state index contributed by atoms with van der Waals surface area (Å²) in [6, 6.07) is 0. The summed E-state index contributed by atoms with van der Waals surface area (Å²) in [5.41, 5.74) is 0. The van der Waals surface area contributed by atoms with E-state index in [9.17, 15) is 0 Å². The van der Waals surface area contributed by atoms with E-state index in [2.05, 4.69) is 6.92 Å². The van der Waals surface area contributed by atoms with Crippen molar-refractivity contribution in [1.29, 1.82) is 0 Å². The lowest BCUT2D eigenvalue weighted by molar-refractivity contribution is 0.289. The Balaban J connectivity index is 2.69. The van der Waals surface area contributed by atoms with Gasteiger partial charge in [0.2, 0.25) is 0 Å². The molecule has 1 nitrogen and oxygen atoms in total. The van der Waals surface area contributed by atoms with Crippen molar-refractivity contribution < 1.29 is 5.11 Å². The summed E-state index contributed by atoms with van der Waals surface area (Å²) < 4.78 is 0. The zero-order chi connectivity index (χ0) is 5.54. The number of aliphatic hydroxyl groups excluding tert-OH is 1. The van der Waals surface area contributed by atoms with Gasteiger partial charge in [-0.3, -0.25) is 0 Å². The van der Waals surface area contributed by atoms with Gasteiger partial charge in [0.05, 0.1) is 0 Å². The van der Waals surface area contributed by atoms with Crippen LogP contribution in [0.3, 0.4) is 0 Å². The van der Waals surface area contributed by atoms with Gasteiger partial charge in [-0.15, -0.1) is 0 Å². The third kappa shape index (κ3) is 5.70. The Kier molecular flexibility index (Phi) is 5.46. The van der Waals surface area contributed by atoms with Crippen molar-refractivity contribution in [3.05, 3.63) is 19.1 Å². The predicted octanol–water partition coefficient (Wildman–Crippen LogP) is 1.15. The van der Waals surface area contributed by atoms with Crippen LogP contribution < -0.4 is 0 Å². The van der Waals surface area contributed by atoms with Crippen molar-refractivity contribution in [2.24, 2.45) is 0 Å². The van der Waals surface area contributed by atoms with Crippen molar-refractivity contribution in [3.63, 3.8) is 0 Å². The van der Waals surface area contributed by atoms with Gasteiger partial charge in [0.15, 0.2) is 0 Å². The van der Waals surface area contributed by atoms with E-state index in [0.717, 1.165) is 12.8 Å². The van der Waals surface area contributed by atoms with Crippen LogP contribution in [0, 0.1) is 6.92 Å². The Hall–Kier alpha value is -0.300. The highest BCUT2D eigenvalue weighted by Crippen LogP contribution is 1.86. The van der Waals surface area contributed by atoms with Crippen molar-refractivity contribution in [3.8, 4) is 0 Å². The zero-order valence-electron chi connectivity index (χ0n) is 4.43. The number of unbranched alkanes of at least 4 members (excludes halogenated alkanes) is 1. The summed E-state index contributed by atoms with van der Waals surface area (Å²) in [6.07, 6.45) is 5.48. The summed E-state index contributed by atoms with van der Waals surface area (Å²) in [7, 11) is 0. The van der Waals surface area contributed by atoms with Gasteiger partial charge in [0.25, 0.3) is 0 Å². The standard InChI is InChI=1S/C6H11O/c1-2-3-4-5-6-7/h2-3,7H,1,4-6H2/b3-2+. The minimum Gasteiger partial charge on any atom is -0.396 e. The minimum atomic E-state index is 0.282. The molecule has 0 amide bonds. The van der Waals surface area contributed by atoms with Gasteiger partial charge in [-0.25, -0.2) is 0 Å². The normalized spacial score (nSPS) is 10.6. The maximum atomic E-state index is 8.24. The van der Waals surface area contributed by atoms with E-state index in [-0.39, 0.29) is 6.61 Å². The molecule has 7 heavy (non-hydrogen) atoms. The van der Waals surface area contributed by atoms with Crippen LogP contribution in [-0.4, -0.2) is 11.7 Å². The first kappa shape index (κ1) is 6.70. The van der Waals surface area contributed by atoms with E-state index in [1.54, 1.807) is 6.08 Å². The predicted molar refractivity (Wildman–Crippen MR) is 30.8 cm³/mol. The molecule has 0 rings (SSSR count). The SMILES string of the molecule is [CH2]/C=C/CCCO. The lowest BCUT2D eigenvalue weighted by Crippen LogP contribution is -1.77. The molecular formula is C6H11O. The van der Waals surface area contributed by atoms with E-state index in [1.807, 2.05) is 6.08 Å². The van der Waals surface area contributed by atoms with Crippen LogP contribution in [0.4, 0.5) is 0 Å². The first-order chi connectivity index (χ1) is 3.41. The molecule has 0 bridgehead atoms. The summed E-state index contributed by atoms with van der Waals surface area (Å²) in [5, 5.41) is 8.24. The highest BCUT2D eigenvalue weighted by molar-refractivity contribution is 4.82. The van der Waals surface area contributed by atoms with Gasteiger partial charge in [0.1, 0.15) is 0 Å². The summed E-state index contributed by atoms with van der Waals surface area (Å²) >= 11 is 0. The second-order valence-electron chi connectivity index (χ2n) is 1.34. The molecule has 0 atom stereocenters. The molecule has 1 radical (unpaired) electrons. The second-order valence-corrected chi connectivity index (χ2v) is 1.34. The fourth-order valence-corrected chi connectivity index (χ4v) is 0.327. The Morgan fingerprint density at radius 3 is 2.71 bits per heavy atom. The lowest BCUT2D eigenvalue weighted by Gasteiger charge is -1.83. The van der Waals surface area contributed by atoms with Crippen molar-refractivity contribution in [2.75, 3.05) is 6.61 Å². The second kappa shape index (κ2) is 5.70. The first-order valence-electron chi connectivity index (χ1n) is 2.47. The fraction of sp³-hybridized carbons (Fsp3) is 0.500. The molecule has 0 heterocycles. The number of allylic oxidation sites excluding steroid dienone is 2. The van der Waals surface area contributed by atoms with Crippen LogP contribution >= 0.6 is 0 Å². The number of aliphatic hydroxyl groups is 1. The van der Waals surface area contributed by atoms with Crippen LogP contribution in [0.2, 0.25) is 0 Å². The Bertz CT molecular complexity index is 48.1. The monoisotopic (exact) mass is 99.1 g/mol. The molecule has 0 aromatic carbocycles. The van der Waals surface area contributed by atoms with Gasteiger partial charge in [0, 0.05) is 6.61 Å². The third-order valence-corrected chi connectivity index (χ3v) is 0.696. The molecule has 0 aliphatic heterocycles. The topological polar surface area (TPSA) is 20.2 Å². The van der Waals surface area contributed by atoms with E-state index in [1.165, 1.54) is 0 Å². The van der Waals surface area contributed by atoms with Crippen LogP contribution in [0.5, 0.6) is 0 Å². The van der Waals surface area contributed by atoms with E-state index in [4.69, 9.17) is 5.11 Å². The Morgan fingerprint density at radius 2 is 2.29 bits per heavy atom. The average Bonchev–Trinajstić information content (AvgIpc) is 1.69. The van der Waals surface area contributed by atoms with Gasteiger partial charge < -0.3 is 5.11 Å². The first-order valence-corrected chi connectivity index (χ1v) is 2.47. The molecule has 0 aromatic heterocycles. The summed E-state index contributed by atoms with van der Waals surface area (Å²) in [4.78, 5) is 0. The smallest absolute Gasteiger partial charge is 0.0433 e. The quantitative estimate of drug-likeness (QED) is 0.526. The maximum Gasteiger partial charge on any atom is 0.0433 e. The number of rotatable bonds is 3. The van der Waals surface area contributed by atoms with E-state index >= 15 is 0 Å². The molecule has 0 saturated heterocycles. The largest absolute Gasteiger partial charge is 0.396 e. The zero-order valence-corrected chi connectivity index (χ0v) is 4.43. The lowest BCUT2D eigenvalue weighted by atomic mass is 10.3. The molecule has 0 saturated carbocycles. The third-order valence-electron chi connectivity index (χ3n) is 0.696. The molecule has 0 aliphatic rings. The molecule has 0 unspecified atom stereocenters. The molecule has 41 valence electrons. The highest BCUT2D eigenvalue weighted by Gasteiger charge is 1.74. The van der Waals surface area contributed by atoms with Crippen LogP contribution in [0.15, 0.2) is 12.2 Å². The number of hydrogen-bond acceptors (Lipinski definition) is 1. The highest BCUT2D eigenvalue weighted by atomic mass is 16.2. The van der Waals surface area contributed by atoms with Crippen LogP contribution in [0.25, 0.3) is 0 Å². The van der Waals surface area contributed by atoms with E-state index < -0.39 is 0 Å². The average molecular weight is 99.2 g/mol. The van der Waals surface area contributed by atoms with Gasteiger partial charge in [-0.05, 0) is 19.8 Å². The number of hydrogen-bond donors (Lipinski definition) is 1. The van der Waals surface area contributed by atoms with Crippen molar-refractivity contribution in [1.82, 2.24) is 0 Å². The van der Waals surface area contributed by atoms with Crippen molar-refractivity contribution in [2.45, 2.75) is 12.8 Å². The van der Waals surface area contributed by atoms with E-state index in [0.29, 0.717) is 0 Å². The minimum absolute atomic E-state index is 0.282. The molecular weight excluding hydrogens is 88.1 g/mol. The summed E-state index contributed by atoms with van der Waals surface area (Å²) in [6.45, 7) is 3.78. The Labute approximate surface area is 44.7 Å². The summed E-state index contributed by atoms with van der Waals surface area (Å²) in [5.74, 6) is 0. The molecule has 0 spiro atoms. The maximum absolute atomic E-state index is 8.24. The van der Waals surface area contributed by atoms with Gasteiger partial charge in [-0.2, -0.15) is 0 Å². The molecule has 0 aromatic rings. The van der Waals surface area contributed by atoms with Gasteiger partial charge in [-0.1, -0.05) is 12.2 Å².